The number of aliphatic hydroxyl groups is 1. The van der Waals surface area contributed by atoms with Crippen LogP contribution in [0.4, 0.5) is 0 Å². The number of hydrogen-bond acceptors (Lipinski definition) is 10. The summed E-state index contributed by atoms with van der Waals surface area (Å²) in [5, 5.41) is 21.8. The molecule has 0 spiro atoms. The predicted octanol–water partition coefficient (Wildman–Crippen LogP) is 4.88. The molecule has 1 amide bonds. The molecular weight excluding hydrogens is 642 g/mol. The van der Waals surface area contributed by atoms with Crippen LogP contribution in [0.3, 0.4) is 0 Å². The average Bonchev–Trinajstić information content (AvgIpc) is 3.11. The molecule has 7 unspecified atom stereocenters. The van der Waals surface area contributed by atoms with Crippen LogP contribution in [-0.2, 0) is 50.8 Å². The van der Waals surface area contributed by atoms with Crippen molar-refractivity contribution >= 4 is 5.91 Å². The van der Waals surface area contributed by atoms with E-state index in [0.29, 0.717) is 65.5 Å². The summed E-state index contributed by atoms with van der Waals surface area (Å²) in [6.07, 6.45) is 0.690. The lowest BCUT2D eigenvalue weighted by atomic mass is 10.1. The molecule has 0 fully saturated rings. The third-order valence-electron chi connectivity index (χ3n) is 7.80. The number of benzene rings is 2. The Morgan fingerprint density at radius 3 is 1.38 bits per heavy atom. The number of amides is 1. The second kappa shape index (κ2) is 25.4. The van der Waals surface area contributed by atoms with Crippen LogP contribution in [0.2, 0.25) is 0 Å². The number of phenolic OH excluding ortho intramolecular Hbond substituents is 1. The van der Waals surface area contributed by atoms with Crippen LogP contribution >= 0.6 is 0 Å². The van der Waals surface area contributed by atoms with Crippen molar-refractivity contribution in [2.24, 2.45) is 0 Å². The van der Waals surface area contributed by atoms with Crippen molar-refractivity contribution in [1.29, 1.82) is 0 Å². The third kappa shape index (κ3) is 20.9. The van der Waals surface area contributed by atoms with Gasteiger partial charge in [-0.1, -0.05) is 42.5 Å². The smallest absolute Gasteiger partial charge is 0.220 e. The van der Waals surface area contributed by atoms with Gasteiger partial charge in [0.05, 0.1) is 102 Å². The second-order valence-electron chi connectivity index (χ2n) is 13.3. The lowest BCUT2D eigenvalue weighted by Gasteiger charge is -2.24. The molecule has 2 aromatic rings. The van der Waals surface area contributed by atoms with Gasteiger partial charge in [-0.25, -0.2) is 0 Å². The normalized spacial score (nSPS) is 16.6. The van der Waals surface area contributed by atoms with Crippen LogP contribution in [0.1, 0.15) is 66.0 Å². The van der Waals surface area contributed by atoms with Gasteiger partial charge < -0.3 is 48.7 Å². The van der Waals surface area contributed by atoms with Crippen molar-refractivity contribution < 1.29 is 48.2 Å². The van der Waals surface area contributed by atoms with Crippen molar-refractivity contribution in [1.82, 2.24) is 5.32 Å². The first-order chi connectivity index (χ1) is 23.9. The minimum atomic E-state index is -0.230. The van der Waals surface area contributed by atoms with Crippen LogP contribution < -0.4 is 5.32 Å². The summed E-state index contributed by atoms with van der Waals surface area (Å²) in [6.45, 7) is 16.4. The van der Waals surface area contributed by atoms with Gasteiger partial charge in [-0.05, 0) is 84.6 Å². The van der Waals surface area contributed by atoms with Crippen molar-refractivity contribution in [3.63, 3.8) is 0 Å². The number of phenols is 1. The molecule has 284 valence electrons. The van der Waals surface area contributed by atoms with Crippen molar-refractivity contribution in [3.8, 4) is 5.75 Å². The second-order valence-corrected chi connectivity index (χ2v) is 13.3. The van der Waals surface area contributed by atoms with Gasteiger partial charge in [-0.3, -0.25) is 4.79 Å². The van der Waals surface area contributed by atoms with Gasteiger partial charge in [0.15, 0.2) is 0 Å². The van der Waals surface area contributed by atoms with Gasteiger partial charge in [-0.15, -0.1) is 0 Å². The molecule has 0 radical (unpaired) electrons. The zero-order valence-corrected chi connectivity index (χ0v) is 31.3. The summed E-state index contributed by atoms with van der Waals surface area (Å²) in [5.74, 6) is 0.173. The van der Waals surface area contributed by atoms with Crippen molar-refractivity contribution in [3.05, 3.63) is 65.7 Å². The zero-order chi connectivity index (χ0) is 36.7. The van der Waals surface area contributed by atoms with Gasteiger partial charge >= 0.3 is 0 Å². The molecule has 50 heavy (non-hydrogen) atoms. The van der Waals surface area contributed by atoms with Gasteiger partial charge in [0.2, 0.25) is 5.91 Å². The molecule has 0 aliphatic carbocycles. The molecule has 0 aromatic heterocycles. The molecule has 0 aliphatic heterocycles. The van der Waals surface area contributed by atoms with E-state index in [1.54, 1.807) is 12.1 Å². The van der Waals surface area contributed by atoms with E-state index in [2.05, 4.69) is 5.32 Å². The molecule has 0 aliphatic rings. The summed E-state index contributed by atoms with van der Waals surface area (Å²) in [5.41, 5.74) is 2.12. The van der Waals surface area contributed by atoms with E-state index in [4.69, 9.17) is 38.3 Å². The fourth-order valence-electron chi connectivity index (χ4n) is 4.69. The highest BCUT2D eigenvalue weighted by atomic mass is 16.6. The maximum Gasteiger partial charge on any atom is 0.220 e. The molecule has 0 saturated heterocycles. The van der Waals surface area contributed by atoms with Crippen LogP contribution in [0, 0.1) is 0 Å². The number of hydrogen-bond donors (Lipinski definition) is 3. The molecule has 11 heteroatoms. The largest absolute Gasteiger partial charge is 0.508 e. The number of nitrogens with one attached hydrogen (secondary N) is 1. The Morgan fingerprint density at radius 1 is 0.560 bits per heavy atom. The minimum Gasteiger partial charge on any atom is -0.508 e. The van der Waals surface area contributed by atoms with E-state index in [1.807, 2.05) is 90.9 Å². The summed E-state index contributed by atoms with van der Waals surface area (Å²) >= 11 is 0. The number of ether oxygens (including phenoxy) is 7. The van der Waals surface area contributed by atoms with Crippen LogP contribution in [0.25, 0.3) is 0 Å². The lowest BCUT2D eigenvalue weighted by Crippen LogP contribution is -2.41. The summed E-state index contributed by atoms with van der Waals surface area (Å²) < 4.78 is 41.1. The fraction of sp³-hybridized carbons (Fsp3) is 0.667. The fourth-order valence-corrected chi connectivity index (χ4v) is 4.69. The SMILES string of the molecule is CC(CO)OCC(C)OCC(C)OCC(C)OCC(C)OCC(C)OCC(C)OC[C@H](Cc1ccc(O)cc1)NC(=O)CCc1ccccc1. The van der Waals surface area contributed by atoms with Crippen molar-refractivity contribution in [2.45, 2.75) is 116 Å². The Bertz CT molecular complexity index is 1140. The third-order valence-corrected chi connectivity index (χ3v) is 7.80. The van der Waals surface area contributed by atoms with Gasteiger partial charge in [0.1, 0.15) is 5.75 Å². The standard InChI is InChI=1S/C39H63NO10/c1-28(20-41)44-21-29(2)45-22-30(3)46-23-31(4)47-24-32(5)48-25-33(6)49-26-34(7)50-27-37(19-36-13-16-38(42)17-14-36)40-39(43)18-15-35-11-9-8-10-12-35/h8-14,16-17,28-34,37,41-42H,15,18-27H2,1-7H3,(H,40,43)/t28?,29?,30?,31?,32?,33?,34?,37-/m0/s1. The predicted molar refractivity (Wildman–Crippen MR) is 193 cm³/mol. The highest BCUT2D eigenvalue weighted by molar-refractivity contribution is 5.76. The lowest BCUT2D eigenvalue weighted by molar-refractivity contribution is -0.122. The summed E-state index contributed by atoms with van der Waals surface area (Å²) in [7, 11) is 0. The number of rotatable bonds is 28. The summed E-state index contributed by atoms with van der Waals surface area (Å²) in [4.78, 5) is 12.8. The molecule has 2 rings (SSSR count). The number of aliphatic hydroxyl groups excluding tert-OH is 1. The average molecular weight is 706 g/mol. The molecule has 8 atom stereocenters. The first-order valence-corrected chi connectivity index (χ1v) is 18.0. The van der Waals surface area contributed by atoms with Crippen molar-refractivity contribution in [2.75, 3.05) is 52.9 Å². The summed E-state index contributed by atoms with van der Waals surface area (Å²) in [6, 6.07) is 16.7. The molecule has 2 aromatic carbocycles. The molecule has 0 saturated carbocycles. The highest BCUT2D eigenvalue weighted by Crippen LogP contribution is 2.13. The minimum absolute atomic E-state index is 0.0123. The van der Waals surface area contributed by atoms with Crippen LogP contribution in [0.15, 0.2) is 54.6 Å². The maximum absolute atomic E-state index is 12.8. The molecular formula is C39H63NO10. The van der Waals surface area contributed by atoms with Gasteiger partial charge in [0, 0.05) is 6.42 Å². The topological polar surface area (TPSA) is 134 Å². The van der Waals surface area contributed by atoms with E-state index >= 15 is 0 Å². The number of aryl methyl sites for hydroxylation is 1. The Morgan fingerprint density at radius 2 is 0.960 bits per heavy atom. The first-order valence-electron chi connectivity index (χ1n) is 18.0. The number of aromatic hydroxyl groups is 1. The first kappa shape index (κ1) is 43.6. The van der Waals surface area contributed by atoms with Crippen LogP contribution in [0.5, 0.6) is 5.75 Å². The molecule has 3 N–H and O–H groups in total. The Balaban J connectivity index is 1.63. The zero-order valence-electron chi connectivity index (χ0n) is 31.3. The number of carbonyl (C=O) groups excluding carboxylic acids is 1. The monoisotopic (exact) mass is 705 g/mol. The highest BCUT2D eigenvalue weighted by Gasteiger charge is 2.17. The van der Waals surface area contributed by atoms with E-state index in [0.717, 1.165) is 11.1 Å². The quantitative estimate of drug-likeness (QED) is 0.113. The molecule has 0 heterocycles. The van der Waals surface area contributed by atoms with Gasteiger partial charge in [-0.2, -0.15) is 0 Å². The Kier molecular flexibility index (Phi) is 22.1. The van der Waals surface area contributed by atoms with Crippen LogP contribution in [-0.4, -0.2) is 118 Å². The molecule has 11 nitrogen and oxygen atoms in total. The number of carbonyl (C=O) groups is 1. The Hall–Kier alpha value is -2.61. The van der Waals surface area contributed by atoms with E-state index in [1.165, 1.54) is 0 Å². The van der Waals surface area contributed by atoms with E-state index in [9.17, 15) is 9.90 Å². The van der Waals surface area contributed by atoms with E-state index < -0.39 is 0 Å². The Labute approximate surface area is 299 Å². The van der Waals surface area contributed by atoms with E-state index in [-0.39, 0.29) is 67.0 Å². The molecule has 0 bridgehead atoms. The van der Waals surface area contributed by atoms with Gasteiger partial charge in [0.25, 0.3) is 0 Å². The maximum atomic E-state index is 12.8.